The highest BCUT2D eigenvalue weighted by Crippen LogP contribution is 2.23. The summed E-state index contributed by atoms with van der Waals surface area (Å²) >= 11 is 0. The van der Waals surface area contributed by atoms with Crippen molar-refractivity contribution in [1.29, 1.82) is 0 Å². The van der Waals surface area contributed by atoms with Crippen molar-refractivity contribution in [3.63, 3.8) is 0 Å². The molecule has 1 aromatic heterocycles. The zero-order valence-corrected chi connectivity index (χ0v) is 50.4. The van der Waals surface area contributed by atoms with Gasteiger partial charge in [-0.2, -0.15) is 8.42 Å². The van der Waals surface area contributed by atoms with E-state index >= 15 is 0 Å². The zero-order chi connectivity index (χ0) is 61.8. The molecule has 472 valence electrons. The molecular weight excluding hydrogens is 1160 g/mol. The van der Waals surface area contributed by atoms with Gasteiger partial charge in [0.25, 0.3) is 15.8 Å². The van der Waals surface area contributed by atoms with Crippen LogP contribution in [0.3, 0.4) is 0 Å². The van der Waals surface area contributed by atoms with E-state index in [0.717, 1.165) is 69.1 Å². The fourth-order valence-electron chi connectivity index (χ4n) is 7.08. The molecule has 8 heterocycles. The fourth-order valence-corrected chi connectivity index (χ4v) is 8.02. The SMILES string of the molecule is CC(C)OCC1CO1.Cc1ccc(S(=O)(=O)OCC2CO2)cc1.O=C(OCC1CO1)c1ccc([N+](=O)[O-])cc1.c1ccc(COCC2CO2)cc1.c1ccc(OCC2CO2)cc1.c1ccc2cc(OCC3CO3)ccc2c1.c1coc(COCC2CO2)c1. The summed E-state index contributed by atoms with van der Waals surface area (Å²) in [6, 6.07) is 50.0. The lowest BCUT2D eigenvalue weighted by Gasteiger charge is -2.05. The number of furan rings is 1. The lowest BCUT2D eigenvalue weighted by molar-refractivity contribution is -0.384. The summed E-state index contributed by atoms with van der Waals surface area (Å²) in [6.07, 6.45) is 3.74. The van der Waals surface area contributed by atoms with E-state index in [1.165, 1.54) is 40.6 Å². The molecule has 7 fully saturated rings. The lowest BCUT2D eigenvalue weighted by atomic mass is 10.1. The van der Waals surface area contributed by atoms with Gasteiger partial charge in [-0.05, 0) is 97.8 Å². The number of carbonyl (C=O) groups is 1. The fraction of sp³-hybridized carbons (Fsp3) is 0.409. The number of esters is 1. The summed E-state index contributed by atoms with van der Waals surface area (Å²) in [4.78, 5) is 21.5. The van der Waals surface area contributed by atoms with Gasteiger partial charge in [0.1, 0.15) is 86.4 Å². The molecule has 0 amide bonds. The second-order valence-electron chi connectivity index (χ2n) is 21.1. The first-order valence-electron chi connectivity index (χ1n) is 29.1. The van der Waals surface area contributed by atoms with Crippen molar-refractivity contribution in [2.45, 2.75) is 87.7 Å². The number of nitro groups is 1. The second-order valence-corrected chi connectivity index (χ2v) is 22.7. The average molecular weight is 1240 g/mol. The maximum absolute atomic E-state index is 11.6. The molecule has 0 radical (unpaired) electrons. The van der Waals surface area contributed by atoms with E-state index in [9.17, 15) is 23.3 Å². The third-order valence-corrected chi connectivity index (χ3v) is 14.0. The Morgan fingerprint density at radius 1 is 0.534 bits per heavy atom. The van der Waals surface area contributed by atoms with Gasteiger partial charge in [-0.15, -0.1) is 0 Å². The molecular formula is C66H77NO20S. The first-order valence-corrected chi connectivity index (χ1v) is 30.5. The van der Waals surface area contributed by atoms with Crippen LogP contribution in [-0.4, -0.2) is 161 Å². The largest absolute Gasteiger partial charge is 0.491 e. The molecule has 14 rings (SSSR count). The van der Waals surface area contributed by atoms with Crippen LogP contribution in [-0.2, 0) is 79.6 Å². The molecule has 7 unspecified atom stereocenters. The third kappa shape index (κ3) is 28.8. The minimum atomic E-state index is -3.61. The Labute approximate surface area is 513 Å². The smallest absolute Gasteiger partial charge is 0.338 e. The van der Waals surface area contributed by atoms with Crippen molar-refractivity contribution in [3.05, 3.63) is 203 Å². The van der Waals surface area contributed by atoms with Crippen LogP contribution >= 0.6 is 0 Å². The van der Waals surface area contributed by atoms with Crippen molar-refractivity contribution in [2.75, 3.05) is 92.5 Å². The molecule has 7 aliphatic heterocycles. The highest BCUT2D eigenvalue weighted by Gasteiger charge is 2.28. The van der Waals surface area contributed by atoms with Gasteiger partial charge in [-0.1, -0.05) is 96.6 Å². The molecule has 0 N–H and O–H groups in total. The van der Waals surface area contributed by atoms with Crippen molar-refractivity contribution >= 4 is 32.5 Å². The monoisotopic (exact) mass is 1240 g/mol. The van der Waals surface area contributed by atoms with Crippen LogP contribution in [0.1, 0.15) is 41.1 Å². The van der Waals surface area contributed by atoms with E-state index in [4.69, 9.17) is 70.2 Å². The Bertz CT molecular complexity index is 3200. The second kappa shape index (κ2) is 35.7. The number of hydrogen-bond donors (Lipinski definition) is 0. The summed E-state index contributed by atoms with van der Waals surface area (Å²) in [5.74, 6) is 2.21. The number of nitrogens with zero attached hydrogens (tertiary/aromatic N) is 1. The molecule has 6 aromatic carbocycles. The van der Waals surface area contributed by atoms with Gasteiger partial charge < -0.3 is 66.0 Å². The van der Waals surface area contributed by atoms with Gasteiger partial charge in [-0.25, -0.2) is 4.79 Å². The van der Waals surface area contributed by atoms with Crippen LogP contribution in [0.5, 0.6) is 11.5 Å². The molecule has 0 aliphatic carbocycles. The minimum absolute atomic E-state index is 0.0157. The van der Waals surface area contributed by atoms with Crippen LogP contribution in [0.2, 0.25) is 0 Å². The van der Waals surface area contributed by atoms with Crippen molar-refractivity contribution in [3.8, 4) is 11.5 Å². The number of carbonyl (C=O) groups excluding carboxylic acids is 1. The number of fused-ring (bicyclic) bond motifs is 1. The van der Waals surface area contributed by atoms with Crippen molar-refractivity contribution in [2.24, 2.45) is 0 Å². The topological polar surface area (TPSA) is 260 Å². The molecule has 7 aromatic rings. The number of ether oxygens (including phenoxy) is 13. The van der Waals surface area contributed by atoms with E-state index in [1.54, 1.807) is 30.5 Å². The molecule has 88 heavy (non-hydrogen) atoms. The normalized spacial score (nSPS) is 20.6. The Hall–Kier alpha value is -7.16. The number of hydrogen-bond acceptors (Lipinski definition) is 20. The summed E-state index contributed by atoms with van der Waals surface area (Å²) < 4.78 is 99.7. The van der Waals surface area contributed by atoms with Gasteiger partial charge in [0.05, 0.1) is 107 Å². The molecule has 7 saturated heterocycles. The number of rotatable bonds is 25. The van der Waals surface area contributed by atoms with Crippen LogP contribution < -0.4 is 9.47 Å². The van der Waals surface area contributed by atoms with E-state index in [2.05, 4.69) is 36.4 Å². The van der Waals surface area contributed by atoms with Gasteiger partial charge in [0.2, 0.25) is 0 Å². The van der Waals surface area contributed by atoms with Crippen molar-refractivity contribution < 1.29 is 88.3 Å². The predicted octanol–water partition coefficient (Wildman–Crippen LogP) is 9.94. The minimum Gasteiger partial charge on any atom is -0.491 e. The molecule has 22 heteroatoms. The maximum Gasteiger partial charge on any atom is 0.338 e. The molecule has 21 nitrogen and oxygen atoms in total. The summed E-state index contributed by atoms with van der Waals surface area (Å²) in [5, 5.41) is 12.8. The van der Waals surface area contributed by atoms with Crippen LogP contribution in [0.15, 0.2) is 179 Å². The molecule has 0 bridgehead atoms. The highest BCUT2D eigenvalue weighted by molar-refractivity contribution is 7.86. The zero-order valence-electron chi connectivity index (χ0n) is 49.6. The Morgan fingerprint density at radius 3 is 1.58 bits per heavy atom. The summed E-state index contributed by atoms with van der Waals surface area (Å²) in [6.45, 7) is 16.6. The Kier molecular flexibility index (Phi) is 27.1. The van der Waals surface area contributed by atoms with Gasteiger partial charge in [0.15, 0.2) is 0 Å². The summed E-state index contributed by atoms with van der Waals surface area (Å²) in [7, 11) is -3.61. The standard InChI is InChI=1S/C13H12O2.C10H9NO5.C10H12O4S.C10H12O2.C9H10O2.C8H10O3.C6H12O2/c1-2-4-11-7-12(6-5-10(11)3-1)14-8-13-9-15-13;12-10(16-6-9-5-15-9)7-1-3-8(4-2-7)11(13)14;1-8-2-4-10(5-3-8)15(11,12)14-7-9-6-13-9;1-2-4-9(5-3-1)6-11-7-10-8-12-10;1-2-4-8(5-3-1)10-6-9-7-11-9;1-2-7(10-3-1)4-9-5-8-6-11-8;1-5(2)7-3-6-4-8-6/h1-7,13H,8-9H2;1-4,9H,5-6H2;2-5,9H,6-7H2,1H3;1-5,10H,6-8H2;1-5,9H,6-7H2;1-3,8H,4-6H2;5-6H,3-4H2,1-2H3. The quantitative estimate of drug-likeness (QED) is 0.0169. The Balaban J connectivity index is 0.000000134. The van der Waals surface area contributed by atoms with E-state index in [0.29, 0.717) is 88.4 Å². The van der Waals surface area contributed by atoms with Crippen LogP contribution in [0.4, 0.5) is 5.69 Å². The number of para-hydroxylation sites is 1. The number of nitro benzene ring substituents is 1. The van der Waals surface area contributed by atoms with E-state index in [-0.39, 0.29) is 36.0 Å². The number of non-ortho nitro benzene ring substituents is 1. The van der Waals surface area contributed by atoms with Crippen molar-refractivity contribution in [1.82, 2.24) is 0 Å². The average Bonchev–Trinajstić information content (AvgIpc) is 4.34. The molecule has 0 saturated carbocycles. The van der Waals surface area contributed by atoms with Crippen LogP contribution in [0.25, 0.3) is 10.8 Å². The van der Waals surface area contributed by atoms with E-state index in [1.807, 2.05) is 99.6 Å². The summed E-state index contributed by atoms with van der Waals surface area (Å²) in [5.41, 5.74) is 2.48. The predicted molar refractivity (Wildman–Crippen MR) is 323 cm³/mol. The Morgan fingerprint density at radius 2 is 1.03 bits per heavy atom. The number of benzene rings is 6. The maximum atomic E-state index is 11.6. The lowest BCUT2D eigenvalue weighted by Crippen LogP contribution is -2.10. The van der Waals surface area contributed by atoms with Gasteiger partial charge >= 0.3 is 5.97 Å². The molecule has 7 aliphatic rings. The van der Waals surface area contributed by atoms with Gasteiger partial charge in [-0.3, -0.25) is 14.3 Å². The van der Waals surface area contributed by atoms with Gasteiger partial charge in [0, 0.05) is 12.1 Å². The first-order chi connectivity index (χ1) is 42.8. The third-order valence-electron chi connectivity index (χ3n) is 12.7. The van der Waals surface area contributed by atoms with E-state index < -0.39 is 21.0 Å². The highest BCUT2D eigenvalue weighted by atomic mass is 32.2. The first kappa shape index (κ1) is 66.8. The molecule has 7 atom stereocenters. The molecule has 0 spiro atoms. The van der Waals surface area contributed by atoms with Crippen LogP contribution in [0, 0.1) is 17.0 Å². The number of aryl methyl sites for hydroxylation is 1. The number of epoxide rings is 7.